The maximum absolute atomic E-state index is 14.2. The molecular formula is C25H27F2N5O3. The molecule has 1 aliphatic rings. The quantitative estimate of drug-likeness (QED) is 0.435. The standard InChI is InChI=1S/C25H27F2N5O3/c1-3-25(35)13(2)9-14(10-20(25)33)15-7-8-29-12-19(15)31-24(34)22-18(28)11-30-23(32-22)21-16(26)5-4-6-17(21)27/h4-8,11-14,20,33,35H,3,9-10,28H2,1-2H3,(H,31,34)/t13-,14+,20+,25+/m0/s1. The number of aliphatic hydroxyl groups is 2. The van der Waals surface area contributed by atoms with Gasteiger partial charge in [0.05, 0.1) is 41.0 Å². The predicted molar refractivity (Wildman–Crippen MR) is 126 cm³/mol. The number of nitrogens with two attached hydrogens (primary N) is 1. The number of amides is 1. The van der Waals surface area contributed by atoms with Crippen molar-refractivity contribution >= 4 is 17.3 Å². The lowest BCUT2D eigenvalue weighted by molar-refractivity contribution is -0.138. The molecule has 10 heteroatoms. The van der Waals surface area contributed by atoms with Crippen molar-refractivity contribution in [3.8, 4) is 11.4 Å². The van der Waals surface area contributed by atoms with Crippen LogP contribution in [0.15, 0.2) is 42.9 Å². The minimum atomic E-state index is -1.17. The van der Waals surface area contributed by atoms with Gasteiger partial charge in [-0.2, -0.15) is 0 Å². The summed E-state index contributed by atoms with van der Waals surface area (Å²) >= 11 is 0. The highest BCUT2D eigenvalue weighted by Gasteiger charge is 2.45. The van der Waals surface area contributed by atoms with Crippen LogP contribution in [-0.2, 0) is 0 Å². The van der Waals surface area contributed by atoms with Crippen molar-refractivity contribution in [1.29, 1.82) is 0 Å². The maximum Gasteiger partial charge on any atom is 0.276 e. The number of benzene rings is 1. The summed E-state index contributed by atoms with van der Waals surface area (Å²) in [5.74, 6) is -3.06. The third-order valence-electron chi connectivity index (χ3n) is 6.90. The number of carbonyl (C=O) groups is 1. The number of hydrogen-bond donors (Lipinski definition) is 4. The number of rotatable bonds is 5. The third kappa shape index (κ3) is 4.59. The van der Waals surface area contributed by atoms with E-state index in [1.165, 1.54) is 12.3 Å². The molecule has 2 aromatic heterocycles. The monoisotopic (exact) mass is 483 g/mol. The number of aliphatic hydroxyl groups excluding tert-OH is 1. The molecule has 4 rings (SSSR count). The highest BCUT2D eigenvalue weighted by Crippen LogP contribution is 2.45. The molecule has 3 aromatic rings. The van der Waals surface area contributed by atoms with E-state index in [0.717, 1.165) is 23.9 Å². The summed E-state index contributed by atoms with van der Waals surface area (Å²) in [4.78, 5) is 25.1. The average molecular weight is 484 g/mol. The Labute approximate surface area is 201 Å². The molecule has 0 radical (unpaired) electrons. The van der Waals surface area contributed by atoms with E-state index in [9.17, 15) is 23.8 Å². The summed E-state index contributed by atoms with van der Waals surface area (Å²) in [6.45, 7) is 3.73. The van der Waals surface area contributed by atoms with E-state index in [1.807, 2.05) is 13.8 Å². The SMILES string of the molecule is CC[C@]1(O)[C@H](O)C[C@H](c2ccncc2NC(=O)c2nc(-c3c(F)cccc3F)ncc2N)C[C@@H]1C. The van der Waals surface area contributed by atoms with Crippen LogP contribution in [-0.4, -0.2) is 42.8 Å². The number of anilines is 2. The van der Waals surface area contributed by atoms with Gasteiger partial charge in [0.15, 0.2) is 11.5 Å². The van der Waals surface area contributed by atoms with Crippen molar-refractivity contribution in [2.75, 3.05) is 11.1 Å². The Hall–Kier alpha value is -3.50. The summed E-state index contributed by atoms with van der Waals surface area (Å²) in [7, 11) is 0. The predicted octanol–water partition coefficient (Wildman–Crippen LogP) is 3.67. The van der Waals surface area contributed by atoms with Gasteiger partial charge in [-0.05, 0) is 54.9 Å². The summed E-state index contributed by atoms with van der Waals surface area (Å²) < 4.78 is 28.4. The average Bonchev–Trinajstić information content (AvgIpc) is 2.83. The van der Waals surface area contributed by atoms with E-state index in [-0.39, 0.29) is 29.0 Å². The van der Waals surface area contributed by atoms with Gasteiger partial charge < -0.3 is 21.3 Å². The second-order valence-electron chi connectivity index (χ2n) is 8.94. The summed E-state index contributed by atoms with van der Waals surface area (Å²) in [6.07, 6.45) is 4.60. The molecule has 1 aromatic carbocycles. The zero-order chi connectivity index (χ0) is 25.3. The second kappa shape index (κ2) is 9.63. The number of nitrogens with one attached hydrogen (secondary N) is 1. The molecule has 5 N–H and O–H groups in total. The lowest BCUT2D eigenvalue weighted by Gasteiger charge is -2.45. The highest BCUT2D eigenvalue weighted by molar-refractivity contribution is 6.06. The first-order chi connectivity index (χ1) is 16.7. The fourth-order valence-corrected chi connectivity index (χ4v) is 4.82. The smallest absolute Gasteiger partial charge is 0.276 e. The van der Waals surface area contributed by atoms with Crippen LogP contribution in [0.4, 0.5) is 20.2 Å². The normalized spacial score (nSPS) is 24.2. The maximum atomic E-state index is 14.2. The van der Waals surface area contributed by atoms with E-state index in [4.69, 9.17) is 5.73 Å². The molecule has 1 amide bonds. The number of carbonyl (C=O) groups excluding carboxylic acids is 1. The highest BCUT2D eigenvalue weighted by atomic mass is 19.1. The number of nitrogen functional groups attached to an aromatic ring is 1. The first kappa shape index (κ1) is 24.6. The van der Waals surface area contributed by atoms with Gasteiger partial charge in [0.2, 0.25) is 0 Å². The van der Waals surface area contributed by atoms with Gasteiger partial charge in [-0.3, -0.25) is 9.78 Å². The number of nitrogens with zero attached hydrogens (tertiary/aromatic N) is 3. The molecule has 0 bridgehead atoms. The van der Waals surface area contributed by atoms with Gasteiger partial charge in [0, 0.05) is 6.20 Å². The van der Waals surface area contributed by atoms with Crippen LogP contribution >= 0.6 is 0 Å². The fourth-order valence-electron chi connectivity index (χ4n) is 4.82. The van der Waals surface area contributed by atoms with Crippen LogP contribution in [0.25, 0.3) is 11.4 Å². The summed E-state index contributed by atoms with van der Waals surface area (Å²) in [5.41, 5.74) is 5.10. The molecule has 0 spiro atoms. The molecule has 8 nitrogen and oxygen atoms in total. The Morgan fingerprint density at radius 1 is 1.23 bits per heavy atom. The fraction of sp³-hybridized carbons (Fsp3) is 0.360. The zero-order valence-corrected chi connectivity index (χ0v) is 19.4. The largest absolute Gasteiger partial charge is 0.396 e. The molecule has 184 valence electrons. The molecular weight excluding hydrogens is 456 g/mol. The van der Waals surface area contributed by atoms with Crippen molar-refractivity contribution in [2.45, 2.75) is 50.7 Å². The minimum absolute atomic E-state index is 0.0665. The minimum Gasteiger partial charge on any atom is -0.396 e. The van der Waals surface area contributed by atoms with E-state index in [2.05, 4.69) is 20.3 Å². The van der Waals surface area contributed by atoms with E-state index in [1.54, 1.807) is 12.3 Å². The van der Waals surface area contributed by atoms with Gasteiger partial charge >= 0.3 is 0 Å². The first-order valence-electron chi connectivity index (χ1n) is 11.4. The van der Waals surface area contributed by atoms with Gasteiger partial charge in [0.1, 0.15) is 11.6 Å². The lowest BCUT2D eigenvalue weighted by atomic mass is 9.67. The third-order valence-corrected chi connectivity index (χ3v) is 6.90. The molecule has 1 fully saturated rings. The second-order valence-corrected chi connectivity index (χ2v) is 8.94. The molecule has 35 heavy (non-hydrogen) atoms. The molecule has 2 heterocycles. The van der Waals surface area contributed by atoms with E-state index in [0.29, 0.717) is 24.9 Å². The Kier molecular flexibility index (Phi) is 6.77. The van der Waals surface area contributed by atoms with Gasteiger partial charge in [-0.1, -0.05) is 19.9 Å². The van der Waals surface area contributed by atoms with Crippen molar-refractivity contribution in [3.05, 3.63) is 65.7 Å². The Morgan fingerprint density at radius 2 is 1.94 bits per heavy atom. The Morgan fingerprint density at radius 3 is 2.60 bits per heavy atom. The van der Waals surface area contributed by atoms with Crippen molar-refractivity contribution < 1.29 is 23.8 Å². The van der Waals surface area contributed by atoms with Crippen LogP contribution in [0.3, 0.4) is 0 Å². The zero-order valence-electron chi connectivity index (χ0n) is 19.4. The molecule has 1 aliphatic carbocycles. The van der Waals surface area contributed by atoms with Gasteiger partial charge in [0.25, 0.3) is 5.91 Å². The molecule has 4 atom stereocenters. The lowest BCUT2D eigenvalue weighted by Crippen LogP contribution is -2.51. The first-order valence-corrected chi connectivity index (χ1v) is 11.4. The summed E-state index contributed by atoms with van der Waals surface area (Å²) in [6, 6.07) is 5.10. The number of halogens is 2. The van der Waals surface area contributed by atoms with Crippen molar-refractivity contribution in [2.24, 2.45) is 5.92 Å². The van der Waals surface area contributed by atoms with Crippen molar-refractivity contribution in [3.63, 3.8) is 0 Å². The Balaban J connectivity index is 1.63. The van der Waals surface area contributed by atoms with Crippen LogP contribution in [0.1, 0.15) is 55.1 Å². The van der Waals surface area contributed by atoms with Crippen LogP contribution in [0.2, 0.25) is 0 Å². The Bertz CT molecular complexity index is 1220. The summed E-state index contributed by atoms with van der Waals surface area (Å²) in [5, 5.41) is 24.2. The van der Waals surface area contributed by atoms with Crippen molar-refractivity contribution in [1.82, 2.24) is 15.0 Å². The van der Waals surface area contributed by atoms with E-state index < -0.39 is 34.8 Å². The number of aromatic nitrogens is 3. The van der Waals surface area contributed by atoms with Gasteiger partial charge in [-0.15, -0.1) is 0 Å². The molecule has 0 aliphatic heterocycles. The molecule has 1 saturated carbocycles. The molecule has 0 saturated heterocycles. The number of hydrogen-bond acceptors (Lipinski definition) is 7. The van der Waals surface area contributed by atoms with Crippen LogP contribution < -0.4 is 11.1 Å². The van der Waals surface area contributed by atoms with Crippen LogP contribution in [0, 0.1) is 17.6 Å². The van der Waals surface area contributed by atoms with Gasteiger partial charge in [-0.25, -0.2) is 18.7 Å². The topological polar surface area (TPSA) is 134 Å². The van der Waals surface area contributed by atoms with E-state index >= 15 is 0 Å². The van der Waals surface area contributed by atoms with Crippen LogP contribution in [0.5, 0.6) is 0 Å². The number of pyridine rings is 1. The molecule has 0 unspecified atom stereocenters.